The Kier molecular flexibility index (Phi) is 10.3. The Labute approximate surface area is 254 Å². The van der Waals surface area contributed by atoms with E-state index in [4.69, 9.17) is 5.11 Å². The van der Waals surface area contributed by atoms with Gasteiger partial charge in [-0.25, -0.2) is 14.2 Å². The second-order valence-corrected chi connectivity index (χ2v) is 13.4. The zero-order valence-corrected chi connectivity index (χ0v) is 25.4. The highest BCUT2D eigenvalue weighted by Gasteiger charge is 2.40. The zero-order valence-electron chi connectivity index (χ0n) is 23.7. The summed E-state index contributed by atoms with van der Waals surface area (Å²) in [5.74, 6) is -3.83. The van der Waals surface area contributed by atoms with Crippen LogP contribution in [0.4, 0.5) is 17.6 Å². The summed E-state index contributed by atoms with van der Waals surface area (Å²) in [5.41, 5.74) is 2.21. The van der Waals surface area contributed by atoms with E-state index in [9.17, 15) is 32.3 Å². The van der Waals surface area contributed by atoms with Crippen molar-refractivity contribution in [3.63, 3.8) is 0 Å². The van der Waals surface area contributed by atoms with E-state index in [-0.39, 0.29) is 41.8 Å². The molecule has 232 valence electrons. The van der Waals surface area contributed by atoms with Crippen LogP contribution in [0.15, 0.2) is 34.6 Å². The van der Waals surface area contributed by atoms with Crippen molar-refractivity contribution in [3.8, 4) is 16.3 Å². The number of aromatic carboxylic acids is 1. The molecule has 0 radical (unpaired) electrons. The highest BCUT2D eigenvalue weighted by Crippen LogP contribution is 2.44. The van der Waals surface area contributed by atoms with Gasteiger partial charge in [-0.3, -0.25) is 4.79 Å². The van der Waals surface area contributed by atoms with Gasteiger partial charge in [-0.05, 0) is 68.8 Å². The molecule has 3 aromatic rings. The van der Waals surface area contributed by atoms with Crippen LogP contribution in [0.1, 0.15) is 67.8 Å². The number of hydrogen-bond acceptors (Lipinski definition) is 7. The van der Waals surface area contributed by atoms with E-state index >= 15 is 0 Å². The quantitative estimate of drug-likeness (QED) is 0.183. The molecule has 1 fully saturated rings. The third kappa shape index (κ3) is 7.84. The van der Waals surface area contributed by atoms with E-state index in [0.717, 1.165) is 29.2 Å². The molecule has 3 heterocycles. The van der Waals surface area contributed by atoms with E-state index < -0.39 is 29.9 Å². The maximum Gasteiger partial charge on any atom is 0.392 e. The molecule has 0 bridgehead atoms. The van der Waals surface area contributed by atoms with Crippen molar-refractivity contribution in [3.05, 3.63) is 53.2 Å². The van der Waals surface area contributed by atoms with Crippen molar-refractivity contribution < 1.29 is 37.4 Å². The maximum absolute atomic E-state index is 13.9. The predicted octanol–water partition coefficient (Wildman–Crippen LogP) is 7.21. The normalized spacial score (nSPS) is 18.7. The van der Waals surface area contributed by atoms with Crippen LogP contribution in [0, 0.1) is 18.7 Å². The summed E-state index contributed by atoms with van der Waals surface area (Å²) in [6.07, 6.45) is -0.748. The van der Waals surface area contributed by atoms with E-state index in [0.29, 0.717) is 22.1 Å². The smallest absolute Gasteiger partial charge is 0.392 e. The number of rotatable bonds is 7. The molecule has 8 nitrogen and oxygen atoms in total. The number of nitrogens with one attached hydrogen (secondary N) is 1. The number of thioether (sulfide) groups is 1. The summed E-state index contributed by atoms with van der Waals surface area (Å²) in [5, 5.41) is 26.1. The van der Waals surface area contributed by atoms with Gasteiger partial charge in [0.2, 0.25) is 5.13 Å². The molecule has 2 atom stereocenters. The van der Waals surface area contributed by atoms with Gasteiger partial charge in [-0.2, -0.15) is 23.0 Å². The highest BCUT2D eigenvalue weighted by molar-refractivity contribution is 8.01. The Balaban J connectivity index is 0.000000458. The SMILES string of the molecule is Cc1nn(-c2nc(C3=CCC(C(F)(F)F)CC3)c(SC(C)C)s2)c(C(=O)O)c1-c1cccc(F)c1.O=C(O)[C@@H]1CCCN1. The Morgan fingerprint density at radius 3 is 2.47 bits per heavy atom. The molecule has 43 heavy (non-hydrogen) atoms. The Bertz CT molecular complexity index is 1510. The molecular formula is C29H32F4N4O4S2. The highest BCUT2D eigenvalue weighted by atomic mass is 32.2. The summed E-state index contributed by atoms with van der Waals surface area (Å²) >= 11 is 2.76. The molecule has 1 aromatic carbocycles. The minimum absolute atomic E-state index is 0.0149. The van der Waals surface area contributed by atoms with Gasteiger partial charge in [-0.15, -0.1) is 11.8 Å². The van der Waals surface area contributed by atoms with Crippen LogP contribution in [-0.4, -0.2) is 60.9 Å². The molecule has 0 saturated carbocycles. The van der Waals surface area contributed by atoms with Crippen LogP contribution < -0.4 is 5.32 Å². The monoisotopic (exact) mass is 640 g/mol. The Morgan fingerprint density at radius 1 is 1.21 bits per heavy atom. The van der Waals surface area contributed by atoms with Gasteiger partial charge in [0.25, 0.3) is 0 Å². The molecule has 1 saturated heterocycles. The van der Waals surface area contributed by atoms with Crippen molar-refractivity contribution in [2.75, 3.05) is 6.54 Å². The fourth-order valence-electron chi connectivity index (χ4n) is 4.98. The van der Waals surface area contributed by atoms with Crippen LogP contribution >= 0.6 is 23.1 Å². The van der Waals surface area contributed by atoms with Crippen LogP contribution in [0.5, 0.6) is 0 Å². The summed E-state index contributed by atoms with van der Waals surface area (Å²) in [7, 11) is 0. The zero-order chi connectivity index (χ0) is 31.5. The number of nitrogens with zero attached hydrogens (tertiary/aromatic N) is 3. The molecule has 5 rings (SSSR count). The molecule has 2 aliphatic rings. The summed E-state index contributed by atoms with van der Waals surface area (Å²) < 4.78 is 55.3. The van der Waals surface area contributed by atoms with Gasteiger partial charge in [0.05, 0.1) is 21.5 Å². The summed E-state index contributed by atoms with van der Waals surface area (Å²) in [4.78, 5) is 27.1. The van der Waals surface area contributed by atoms with E-state index in [2.05, 4.69) is 15.4 Å². The number of aryl methyl sites for hydroxylation is 1. The molecule has 0 amide bonds. The van der Waals surface area contributed by atoms with Gasteiger partial charge in [0.15, 0.2) is 5.69 Å². The van der Waals surface area contributed by atoms with Crippen LogP contribution in [0.2, 0.25) is 0 Å². The largest absolute Gasteiger partial charge is 0.480 e. The lowest BCUT2D eigenvalue weighted by Gasteiger charge is -2.23. The molecule has 1 aliphatic carbocycles. The average Bonchev–Trinajstić information content (AvgIpc) is 3.67. The molecule has 14 heteroatoms. The van der Waals surface area contributed by atoms with Gasteiger partial charge < -0.3 is 15.5 Å². The second kappa shape index (κ2) is 13.6. The number of hydrogen-bond donors (Lipinski definition) is 3. The van der Waals surface area contributed by atoms with Gasteiger partial charge >= 0.3 is 18.1 Å². The van der Waals surface area contributed by atoms with E-state index in [1.807, 2.05) is 13.8 Å². The first-order valence-electron chi connectivity index (χ1n) is 13.7. The number of carbonyl (C=O) groups is 2. The summed E-state index contributed by atoms with van der Waals surface area (Å²) in [6.45, 7) is 6.48. The topological polar surface area (TPSA) is 117 Å². The number of aliphatic carboxylic acids is 1. The lowest BCUT2D eigenvalue weighted by molar-refractivity contribution is -0.175. The van der Waals surface area contributed by atoms with E-state index in [1.54, 1.807) is 19.1 Å². The Morgan fingerprint density at radius 2 is 1.95 bits per heavy atom. The standard InChI is InChI=1S/C24H23F4N3O2S2.C5H9NO2/c1-12(2)34-22-19(14-7-9-16(10-8-14)24(26,27)28)29-23(35-22)31-20(21(32)33)18(13(3)30-31)15-5-4-6-17(25)11-15;7-5(8)4-2-1-3-6-4/h4-7,11-12,16H,8-10H2,1-3H3,(H,32,33);4,6H,1-3H2,(H,7,8)/t;4-/m.0/s1. The maximum atomic E-state index is 13.9. The van der Waals surface area contributed by atoms with Crippen LogP contribution in [0.25, 0.3) is 21.8 Å². The minimum atomic E-state index is -4.24. The number of allylic oxidation sites excluding steroid dienone is 2. The lowest BCUT2D eigenvalue weighted by Crippen LogP contribution is -2.29. The Hall–Kier alpha value is -3.23. The first-order chi connectivity index (χ1) is 20.3. The number of carboxylic acid groups (broad SMARTS) is 2. The fraction of sp³-hybridized carbons (Fsp3) is 0.448. The lowest BCUT2D eigenvalue weighted by atomic mass is 9.88. The van der Waals surface area contributed by atoms with Gasteiger partial charge in [0.1, 0.15) is 11.9 Å². The number of alkyl halides is 3. The molecule has 0 spiro atoms. The van der Waals surface area contributed by atoms with Crippen molar-refractivity contribution in [2.24, 2.45) is 5.92 Å². The number of carboxylic acids is 2. The summed E-state index contributed by atoms with van der Waals surface area (Å²) in [6, 6.07) is 5.36. The van der Waals surface area contributed by atoms with Crippen LogP contribution in [0.3, 0.4) is 0 Å². The average molecular weight is 641 g/mol. The minimum Gasteiger partial charge on any atom is -0.480 e. The number of aromatic nitrogens is 3. The van der Waals surface area contributed by atoms with E-state index in [1.165, 1.54) is 46.0 Å². The molecule has 2 aromatic heterocycles. The molecular weight excluding hydrogens is 608 g/mol. The molecule has 3 N–H and O–H groups in total. The third-order valence-electron chi connectivity index (χ3n) is 7.02. The van der Waals surface area contributed by atoms with Crippen LogP contribution in [-0.2, 0) is 4.79 Å². The van der Waals surface area contributed by atoms with Crippen molar-refractivity contribution >= 4 is 40.6 Å². The third-order valence-corrected chi connectivity index (χ3v) is 9.26. The molecule has 1 unspecified atom stereocenters. The number of thiazole rings is 1. The fourth-order valence-corrected chi connectivity index (χ4v) is 7.48. The van der Waals surface area contributed by atoms with Crippen molar-refractivity contribution in [2.45, 2.75) is 74.6 Å². The number of benzene rings is 1. The van der Waals surface area contributed by atoms with Crippen molar-refractivity contribution in [1.29, 1.82) is 0 Å². The second-order valence-electron chi connectivity index (χ2n) is 10.6. The first-order valence-corrected chi connectivity index (χ1v) is 15.4. The number of halogens is 4. The first kappa shape index (κ1) is 32.7. The predicted molar refractivity (Wildman–Crippen MR) is 157 cm³/mol. The van der Waals surface area contributed by atoms with Crippen molar-refractivity contribution in [1.82, 2.24) is 20.1 Å². The molecule has 1 aliphatic heterocycles. The van der Waals surface area contributed by atoms with Gasteiger partial charge in [0, 0.05) is 10.8 Å². The van der Waals surface area contributed by atoms with Gasteiger partial charge in [-0.1, -0.05) is 43.4 Å².